The number of hydrogen-bond donors (Lipinski definition) is 1. The third-order valence-corrected chi connectivity index (χ3v) is 3.65. The highest BCUT2D eigenvalue weighted by molar-refractivity contribution is 9.10. The van der Waals surface area contributed by atoms with Crippen molar-refractivity contribution in [3.63, 3.8) is 0 Å². The summed E-state index contributed by atoms with van der Waals surface area (Å²) in [7, 11) is 1.81. The number of nitrogens with zero attached hydrogens (tertiary/aromatic N) is 1. The van der Waals surface area contributed by atoms with Crippen molar-refractivity contribution in [2.24, 2.45) is 11.7 Å². The van der Waals surface area contributed by atoms with Crippen molar-refractivity contribution in [2.75, 3.05) is 7.05 Å². The Morgan fingerprint density at radius 1 is 1.59 bits per heavy atom. The third-order valence-electron chi connectivity index (χ3n) is 3.22. The average Bonchev–Trinajstić information content (AvgIpc) is 2.87. The molecule has 0 aromatic carbocycles. The molecule has 1 aromatic rings. The van der Waals surface area contributed by atoms with E-state index in [2.05, 4.69) is 15.9 Å². The molecule has 1 heterocycles. The van der Waals surface area contributed by atoms with E-state index in [0.717, 1.165) is 25.0 Å². The summed E-state index contributed by atoms with van der Waals surface area (Å²) in [6.45, 7) is 0.510. The van der Waals surface area contributed by atoms with Crippen LogP contribution < -0.4 is 5.73 Å². The van der Waals surface area contributed by atoms with Crippen LogP contribution in [0.4, 0.5) is 0 Å². The van der Waals surface area contributed by atoms with Gasteiger partial charge in [-0.3, -0.25) is 4.79 Å². The zero-order chi connectivity index (χ0) is 12.4. The highest BCUT2D eigenvalue weighted by atomic mass is 79.9. The first-order valence-electron chi connectivity index (χ1n) is 5.81. The van der Waals surface area contributed by atoms with Crippen LogP contribution in [-0.2, 0) is 11.3 Å². The van der Waals surface area contributed by atoms with E-state index in [1.165, 1.54) is 0 Å². The summed E-state index contributed by atoms with van der Waals surface area (Å²) >= 11 is 3.25. The zero-order valence-corrected chi connectivity index (χ0v) is 11.4. The number of halogens is 1. The quantitative estimate of drug-likeness (QED) is 0.930. The number of carbonyl (C=O) groups excluding carboxylic acids is 1. The highest BCUT2D eigenvalue weighted by Crippen LogP contribution is 2.26. The maximum Gasteiger partial charge on any atom is 0.225 e. The SMILES string of the molecule is CN(Cc1ccc(Br)o1)C(=O)C1CCC(N)C1. The molecule has 0 saturated heterocycles. The minimum absolute atomic E-state index is 0.0911. The second kappa shape index (κ2) is 5.23. The van der Waals surface area contributed by atoms with Crippen LogP contribution in [0.1, 0.15) is 25.0 Å². The zero-order valence-electron chi connectivity index (χ0n) is 9.86. The van der Waals surface area contributed by atoms with Crippen LogP contribution in [-0.4, -0.2) is 23.9 Å². The van der Waals surface area contributed by atoms with Gasteiger partial charge in [-0.25, -0.2) is 0 Å². The summed E-state index contributed by atoms with van der Waals surface area (Å²) in [6, 6.07) is 3.89. The lowest BCUT2D eigenvalue weighted by atomic mass is 10.1. The number of carbonyl (C=O) groups is 1. The van der Waals surface area contributed by atoms with Gasteiger partial charge in [0, 0.05) is 19.0 Å². The van der Waals surface area contributed by atoms with Crippen molar-refractivity contribution in [3.05, 3.63) is 22.6 Å². The summed E-state index contributed by atoms with van der Waals surface area (Å²) in [5.41, 5.74) is 5.82. The van der Waals surface area contributed by atoms with Crippen LogP contribution >= 0.6 is 15.9 Å². The van der Waals surface area contributed by atoms with Crippen molar-refractivity contribution < 1.29 is 9.21 Å². The fourth-order valence-corrected chi connectivity index (χ4v) is 2.64. The van der Waals surface area contributed by atoms with Crippen molar-refractivity contribution in [2.45, 2.75) is 31.8 Å². The molecule has 0 radical (unpaired) electrons. The Hall–Kier alpha value is -0.810. The maximum atomic E-state index is 12.1. The number of nitrogens with two attached hydrogens (primary N) is 1. The van der Waals surface area contributed by atoms with E-state index in [1.54, 1.807) is 4.90 Å². The molecule has 2 unspecified atom stereocenters. The maximum absolute atomic E-state index is 12.1. The minimum Gasteiger partial charge on any atom is -0.452 e. The fourth-order valence-electron chi connectivity index (χ4n) is 2.30. The Bertz CT molecular complexity index is 405. The van der Waals surface area contributed by atoms with Crippen LogP contribution in [0.5, 0.6) is 0 Å². The van der Waals surface area contributed by atoms with Gasteiger partial charge in [-0.1, -0.05) is 0 Å². The average molecular weight is 301 g/mol. The van der Waals surface area contributed by atoms with Gasteiger partial charge in [0.1, 0.15) is 5.76 Å². The summed E-state index contributed by atoms with van der Waals surface area (Å²) < 4.78 is 6.08. The lowest BCUT2D eigenvalue weighted by molar-refractivity contribution is -0.134. The molecule has 2 atom stereocenters. The summed E-state index contributed by atoms with van der Waals surface area (Å²) in [5.74, 6) is 1.05. The molecular weight excluding hydrogens is 284 g/mol. The Morgan fingerprint density at radius 3 is 2.88 bits per heavy atom. The Labute approximate surface area is 109 Å². The topological polar surface area (TPSA) is 59.5 Å². The van der Waals surface area contributed by atoms with E-state index in [0.29, 0.717) is 11.2 Å². The van der Waals surface area contributed by atoms with Crippen LogP contribution in [0.2, 0.25) is 0 Å². The molecule has 0 bridgehead atoms. The molecule has 17 heavy (non-hydrogen) atoms. The molecule has 2 N–H and O–H groups in total. The monoisotopic (exact) mass is 300 g/mol. The normalized spacial score (nSPS) is 23.9. The van der Waals surface area contributed by atoms with E-state index >= 15 is 0 Å². The standard InChI is InChI=1S/C12H17BrN2O2/c1-15(7-10-4-5-11(13)17-10)12(16)8-2-3-9(14)6-8/h4-5,8-9H,2-3,6-7,14H2,1H3. The van der Waals surface area contributed by atoms with Crippen LogP contribution in [0.25, 0.3) is 0 Å². The smallest absolute Gasteiger partial charge is 0.225 e. The van der Waals surface area contributed by atoms with E-state index in [1.807, 2.05) is 19.2 Å². The Kier molecular flexibility index (Phi) is 3.89. The van der Waals surface area contributed by atoms with E-state index < -0.39 is 0 Å². The molecule has 1 saturated carbocycles. The van der Waals surface area contributed by atoms with Crippen LogP contribution in [0.15, 0.2) is 21.2 Å². The molecule has 1 fully saturated rings. The lowest BCUT2D eigenvalue weighted by Gasteiger charge is -2.19. The summed E-state index contributed by atoms with van der Waals surface area (Å²) in [6.07, 6.45) is 2.67. The largest absolute Gasteiger partial charge is 0.452 e. The molecule has 1 amide bonds. The molecule has 1 aliphatic rings. The Morgan fingerprint density at radius 2 is 2.35 bits per heavy atom. The van der Waals surface area contributed by atoms with E-state index in [-0.39, 0.29) is 17.9 Å². The van der Waals surface area contributed by atoms with Gasteiger partial charge in [-0.15, -0.1) is 0 Å². The van der Waals surface area contributed by atoms with E-state index in [4.69, 9.17) is 10.2 Å². The van der Waals surface area contributed by atoms with Gasteiger partial charge >= 0.3 is 0 Å². The lowest BCUT2D eigenvalue weighted by Crippen LogP contribution is -2.32. The predicted octanol–water partition coefficient (Wildman–Crippen LogP) is 2.13. The van der Waals surface area contributed by atoms with Gasteiger partial charge in [-0.05, 0) is 47.3 Å². The number of amides is 1. The molecule has 5 heteroatoms. The first kappa shape index (κ1) is 12.6. The third kappa shape index (κ3) is 3.10. The van der Waals surface area contributed by atoms with Crippen molar-refractivity contribution in [3.8, 4) is 0 Å². The van der Waals surface area contributed by atoms with Crippen molar-refractivity contribution in [1.29, 1.82) is 0 Å². The van der Waals surface area contributed by atoms with Gasteiger partial charge in [0.2, 0.25) is 5.91 Å². The van der Waals surface area contributed by atoms with Crippen LogP contribution in [0.3, 0.4) is 0 Å². The van der Waals surface area contributed by atoms with Crippen molar-refractivity contribution in [1.82, 2.24) is 4.90 Å². The van der Waals surface area contributed by atoms with Gasteiger partial charge in [0.25, 0.3) is 0 Å². The second-order valence-corrected chi connectivity index (χ2v) is 5.45. The molecule has 0 spiro atoms. The van der Waals surface area contributed by atoms with Crippen molar-refractivity contribution >= 4 is 21.8 Å². The highest BCUT2D eigenvalue weighted by Gasteiger charge is 2.29. The molecule has 1 aromatic heterocycles. The predicted molar refractivity (Wildman–Crippen MR) is 68.2 cm³/mol. The molecule has 4 nitrogen and oxygen atoms in total. The first-order valence-corrected chi connectivity index (χ1v) is 6.60. The first-order chi connectivity index (χ1) is 8.06. The summed E-state index contributed by atoms with van der Waals surface area (Å²) in [4.78, 5) is 13.8. The number of furan rings is 1. The minimum atomic E-state index is 0.0911. The van der Waals surface area contributed by atoms with Gasteiger partial charge in [-0.2, -0.15) is 0 Å². The molecule has 0 aliphatic heterocycles. The summed E-state index contributed by atoms with van der Waals surface area (Å²) in [5, 5.41) is 0. The number of hydrogen-bond acceptors (Lipinski definition) is 3. The molecular formula is C12H17BrN2O2. The molecule has 2 rings (SSSR count). The van der Waals surface area contributed by atoms with E-state index in [9.17, 15) is 4.79 Å². The van der Waals surface area contributed by atoms with Gasteiger partial charge < -0.3 is 15.1 Å². The number of rotatable bonds is 3. The van der Waals surface area contributed by atoms with Gasteiger partial charge in [0.05, 0.1) is 6.54 Å². The van der Waals surface area contributed by atoms with Gasteiger partial charge in [0.15, 0.2) is 4.67 Å². The second-order valence-electron chi connectivity index (χ2n) is 4.67. The Balaban J connectivity index is 1.91. The van der Waals surface area contributed by atoms with Crippen LogP contribution in [0, 0.1) is 5.92 Å². The molecule has 1 aliphatic carbocycles. The molecule has 94 valence electrons. The fraction of sp³-hybridized carbons (Fsp3) is 0.583.